The SMILES string of the molecule is CC(C)CNC(CC(=O)Nc1ccccc1C#N)C(=O)O. The number of hydrogen-bond acceptors (Lipinski definition) is 4. The molecule has 0 spiro atoms. The third kappa shape index (κ3) is 5.63. The lowest BCUT2D eigenvalue weighted by Crippen LogP contribution is -2.41. The van der Waals surface area contributed by atoms with Gasteiger partial charge in [0.15, 0.2) is 0 Å². The molecule has 0 bridgehead atoms. The number of carbonyl (C=O) groups is 2. The molecule has 0 saturated carbocycles. The van der Waals surface area contributed by atoms with Gasteiger partial charge in [-0.2, -0.15) is 5.26 Å². The molecule has 0 heterocycles. The fourth-order valence-corrected chi connectivity index (χ4v) is 1.70. The van der Waals surface area contributed by atoms with Crippen LogP contribution in [0.15, 0.2) is 24.3 Å². The minimum Gasteiger partial charge on any atom is -0.480 e. The van der Waals surface area contributed by atoms with E-state index < -0.39 is 17.9 Å². The van der Waals surface area contributed by atoms with Crippen LogP contribution in [0.2, 0.25) is 0 Å². The summed E-state index contributed by atoms with van der Waals surface area (Å²) >= 11 is 0. The first-order chi connectivity index (χ1) is 9.93. The molecule has 1 rings (SSSR count). The minimum absolute atomic E-state index is 0.193. The summed E-state index contributed by atoms with van der Waals surface area (Å²) in [6.07, 6.45) is -0.193. The van der Waals surface area contributed by atoms with Gasteiger partial charge in [-0.05, 0) is 24.6 Å². The molecule has 0 fully saturated rings. The molecule has 0 aliphatic rings. The number of nitrogens with zero attached hydrogens (tertiary/aromatic N) is 1. The van der Waals surface area contributed by atoms with Crippen LogP contribution in [0.5, 0.6) is 0 Å². The number of benzene rings is 1. The molecule has 0 aliphatic carbocycles. The van der Waals surface area contributed by atoms with E-state index in [0.717, 1.165) is 0 Å². The number of nitrogens with one attached hydrogen (secondary N) is 2. The van der Waals surface area contributed by atoms with Crippen molar-refractivity contribution in [3.05, 3.63) is 29.8 Å². The van der Waals surface area contributed by atoms with E-state index >= 15 is 0 Å². The highest BCUT2D eigenvalue weighted by molar-refractivity contribution is 5.95. The lowest BCUT2D eigenvalue weighted by atomic mass is 10.1. The van der Waals surface area contributed by atoms with Gasteiger partial charge in [-0.1, -0.05) is 26.0 Å². The second-order valence-electron chi connectivity index (χ2n) is 5.10. The van der Waals surface area contributed by atoms with E-state index in [4.69, 9.17) is 10.4 Å². The normalized spacial score (nSPS) is 11.7. The zero-order valence-electron chi connectivity index (χ0n) is 12.1. The van der Waals surface area contributed by atoms with Crippen LogP contribution < -0.4 is 10.6 Å². The highest BCUT2D eigenvalue weighted by Crippen LogP contribution is 2.14. The number of nitriles is 1. The molecule has 1 aromatic rings. The van der Waals surface area contributed by atoms with Gasteiger partial charge < -0.3 is 15.7 Å². The molecule has 1 atom stereocenters. The van der Waals surface area contributed by atoms with Gasteiger partial charge in [0, 0.05) is 0 Å². The molecule has 3 N–H and O–H groups in total. The van der Waals surface area contributed by atoms with E-state index in [1.54, 1.807) is 24.3 Å². The molecule has 21 heavy (non-hydrogen) atoms. The Labute approximate surface area is 123 Å². The first-order valence-electron chi connectivity index (χ1n) is 6.69. The Balaban J connectivity index is 2.66. The van der Waals surface area contributed by atoms with Crippen molar-refractivity contribution in [1.29, 1.82) is 5.26 Å². The summed E-state index contributed by atoms with van der Waals surface area (Å²) in [6.45, 7) is 4.42. The molecule has 1 aromatic carbocycles. The molecule has 0 aromatic heterocycles. The van der Waals surface area contributed by atoms with Gasteiger partial charge in [-0.3, -0.25) is 9.59 Å². The van der Waals surface area contributed by atoms with Crippen LogP contribution in [-0.4, -0.2) is 29.6 Å². The van der Waals surface area contributed by atoms with Gasteiger partial charge in [0.1, 0.15) is 12.1 Å². The Morgan fingerprint density at radius 1 is 1.33 bits per heavy atom. The Kier molecular flexibility index (Phi) is 6.37. The fraction of sp³-hybridized carbons (Fsp3) is 0.400. The van der Waals surface area contributed by atoms with E-state index in [9.17, 15) is 9.59 Å². The first-order valence-corrected chi connectivity index (χ1v) is 6.69. The number of carboxylic acids is 1. The smallest absolute Gasteiger partial charge is 0.321 e. The van der Waals surface area contributed by atoms with Crippen molar-refractivity contribution in [3.63, 3.8) is 0 Å². The number of aliphatic carboxylic acids is 1. The van der Waals surface area contributed by atoms with Crippen LogP contribution in [0.25, 0.3) is 0 Å². The van der Waals surface area contributed by atoms with Crippen LogP contribution >= 0.6 is 0 Å². The number of anilines is 1. The maximum Gasteiger partial charge on any atom is 0.321 e. The zero-order valence-corrected chi connectivity index (χ0v) is 12.1. The van der Waals surface area contributed by atoms with Crippen molar-refractivity contribution in [1.82, 2.24) is 5.32 Å². The summed E-state index contributed by atoms with van der Waals surface area (Å²) in [5.41, 5.74) is 0.728. The third-order valence-electron chi connectivity index (χ3n) is 2.78. The molecule has 6 heteroatoms. The average Bonchev–Trinajstić information content (AvgIpc) is 2.43. The van der Waals surface area contributed by atoms with Crippen molar-refractivity contribution in [2.75, 3.05) is 11.9 Å². The van der Waals surface area contributed by atoms with Crippen LogP contribution in [0.3, 0.4) is 0 Å². The summed E-state index contributed by atoms with van der Waals surface area (Å²) in [7, 11) is 0. The summed E-state index contributed by atoms with van der Waals surface area (Å²) in [4.78, 5) is 23.0. The second kappa shape index (κ2) is 8.02. The molecule has 1 amide bonds. The van der Waals surface area contributed by atoms with E-state index in [1.165, 1.54) is 0 Å². The molecule has 0 aliphatic heterocycles. The Hall–Kier alpha value is -2.39. The van der Waals surface area contributed by atoms with Crippen LogP contribution in [0.4, 0.5) is 5.69 Å². The maximum absolute atomic E-state index is 11.9. The summed E-state index contributed by atoms with van der Waals surface area (Å²) in [5, 5.41) is 23.5. The third-order valence-corrected chi connectivity index (χ3v) is 2.78. The molecule has 1 unspecified atom stereocenters. The van der Waals surface area contributed by atoms with Gasteiger partial charge in [-0.25, -0.2) is 0 Å². The zero-order chi connectivity index (χ0) is 15.8. The van der Waals surface area contributed by atoms with Crippen molar-refractivity contribution < 1.29 is 14.7 Å². The predicted octanol–water partition coefficient (Wildman–Crippen LogP) is 1.59. The van der Waals surface area contributed by atoms with E-state index in [2.05, 4.69) is 10.6 Å². The van der Waals surface area contributed by atoms with E-state index in [0.29, 0.717) is 17.8 Å². The Morgan fingerprint density at radius 3 is 2.57 bits per heavy atom. The van der Waals surface area contributed by atoms with Gasteiger partial charge >= 0.3 is 5.97 Å². The lowest BCUT2D eigenvalue weighted by molar-refractivity contribution is -0.141. The second-order valence-corrected chi connectivity index (χ2v) is 5.10. The molecule has 6 nitrogen and oxygen atoms in total. The quantitative estimate of drug-likeness (QED) is 0.707. The standard InChI is InChI=1S/C15H19N3O3/c1-10(2)9-17-13(15(20)21)7-14(19)18-12-6-4-3-5-11(12)8-16/h3-6,10,13,17H,7,9H2,1-2H3,(H,18,19)(H,20,21). The van der Waals surface area contributed by atoms with Crippen molar-refractivity contribution in [2.45, 2.75) is 26.3 Å². The Morgan fingerprint density at radius 2 is 2.00 bits per heavy atom. The molecule has 0 saturated heterocycles. The minimum atomic E-state index is -1.07. The molecular weight excluding hydrogens is 270 g/mol. The maximum atomic E-state index is 11.9. The number of para-hydroxylation sites is 1. The van der Waals surface area contributed by atoms with Gasteiger partial charge in [-0.15, -0.1) is 0 Å². The first kappa shape index (κ1) is 16.7. The van der Waals surface area contributed by atoms with E-state index in [1.807, 2.05) is 19.9 Å². The van der Waals surface area contributed by atoms with E-state index in [-0.39, 0.29) is 12.3 Å². The number of amides is 1. The van der Waals surface area contributed by atoms with Gasteiger partial charge in [0.25, 0.3) is 0 Å². The van der Waals surface area contributed by atoms with Crippen molar-refractivity contribution in [2.24, 2.45) is 5.92 Å². The van der Waals surface area contributed by atoms with Crippen molar-refractivity contribution in [3.8, 4) is 6.07 Å². The average molecular weight is 289 g/mol. The van der Waals surface area contributed by atoms with Crippen LogP contribution in [0.1, 0.15) is 25.8 Å². The molecular formula is C15H19N3O3. The number of carbonyl (C=O) groups excluding carboxylic acids is 1. The molecule has 112 valence electrons. The predicted molar refractivity (Wildman–Crippen MR) is 78.7 cm³/mol. The summed E-state index contributed by atoms with van der Waals surface area (Å²) < 4.78 is 0. The van der Waals surface area contributed by atoms with Crippen LogP contribution in [0, 0.1) is 17.2 Å². The summed E-state index contributed by atoms with van der Waals surface area (Å²) in [5.74, 6) is -1.23. The topological polar surface area (TPSA) is 102 Å². The highest BCUT2D eigenvalue weighted by Gasteiger charge is 2.21. The monoisotopic (exact) mass is 289 g/mol. The number of rotatable bonds is 7. The fourth-order valence-electron chi connectivity index (χ4n) is 1.70. The van der Waals surface area contributed by atoms with Crippen LogP contribution in [-0.2, 0) is 9.59 Å². The highest BCUT2D eigenvalue weighted by atomic mass is 16.4. The summed E-state index contributed by atoms with van der Waals surface area (Å²) in [6, 6.07) is 7.61. The molecule has 0 radical (unpaired) electrons. The lowest BCUT2D eigenvalue weighted by Gasteiger charge is -2.16. The largest absolute Gasteiger partial charge is 0.480 e. The van der Waals surface area contributed by atoms with Gasteiger partial charge in [0.2, 0.25) is 5.91 Å². The Bertz CT molecular complexity index is 549. The number of hydrogen-bond donors (Lipinski definition) is 3. The van der Waals surface area contributed by atoms with Gasteiger partial charge in [0.05, 0.1) is 17.7 Å². The number of carboxylic acid groups (broad SMARTS) is 1. The van der Waals surface area contributed by atoms with Crippen molar-refractivity contribution >= 4 is 17.6 Å².